The van der Waals surface area contributed by atoms with E-state index in [9.17, 15) is 4.79 Å². The molecule has 2 N–H and O–H groups in total. The number of hydrogen-bond acceptors (Lipinski definition) is 4. The molecule has 3 rings (SSSR count). The second-order valence-electron chi connectivity index (χ2n) is 7.37. The van der Waals surface area contributed by atoms with Gasteiger partial charge in [-0.25, -0.2) is 4.99 Å². The Hall–Kier alpha value is -2.82. The number of amides is 1. The van der Waals surface area contributed by atoms with Crippen molar-refractivity contribution in [1.29, 1.82) is 0 Å². The van der Waals surface area contributed by atoms with Gasteiger partial charge in [-0.15, -0.1) is 0 Å². The number of nitrogens with two attached hydrogens (primary N) is 1. The maximum Gasteiger partial charge on any atom is 0.231 e. The number of benzene rings is 1. The molecule has 0 spiro atoms. The summed E-state index contributed by atoms with van der Waals surface area (Å²) in [5, 5.41) is 0. The van der Waals surface area contributed by atoms with E-state index in [1.165, 1.54) is 10.5 Å². The van der Waals surface area contributed by atoms with Crippen molar-refractivity contribution in [2.75, 3.05) is 14.2 Å². The van der Waals surface area contributed by atoms with Crippen molar-refractivity contribution in [3.05, 3.63) is 65.0 Å². The molecule has 0 radical (unpaired) electrons. The number of carbonyl (C=O) groups is 1. The maximum absolute atomic E-state index is 12.3. The summed E-state index contributed by atoms with van der Waals surface area (Å²) in [6.45, 7) is 4.08. The van der Waals surface area contributed by atoms with Crippen molar-refractivity contribution in [2.45, 2.75) is 38.6 Å². The van der Waals surface area contributed by atoms with Crippen molar-refractivity contribution in [3.8, 4) is 0 Å². The van der Waals surface area contributed by atoms with Gasteiger partial charge in [0, 0.05) is 19.0 Å². The van der Waals surface area contributed by atoms with Crippen LogP contribution in [-0.4, -0.2) is 30.9 Å². The fourth-order valence-electron chi connectivity index (χ4n) is 3.50. The van der Waals surface area contributed by atoms with E-state index in [-0.39, 0.29) is 11.9 Å². The lowest BCUT2D eigenvalue weighted by Gasteiger charge is -2.33. The lowest BCUT2D eigenvalue weighted by molar-refractivity contribution is -0.128. The summed E-state index contributed by atoms with van der Waals surface area (Å²) in [4.78, 5) is 18.3. The minimum Gasteiger partial charge on any atom is -0.500 e. The van der Waals surface area contributed by atoms with E-state index in [2.05, 4.69) is 42.3 Å². The fraction of sp³-hybridized carbons (Fsp3) is 0.364. The molecule has 0 bridgehead atoms. The molecule has 0 saturated heterocycles. The topological polar surface area (TPSA) is 67.9 Å². The Kier molecular flexibility index (Phi) is 5.22. The molecular formula is C22H27N3O2. The van der Waals surface area contributed by atoms with Crippen LogP contribution in [0.3, 0.4) is 0 Å². The summed E-state index contributed by atoms with van der Waals surface area (Å²) in [6.07, 6.45) is 8.40. The number of methoxy groups -OCH3 is 1. The SMILES string of the molecule is CO/C1=C(c2cccc([C@]3(C)CC(=O)N(C)C(N)=N3)c2)/C=C\C=C(C)CC1. The summed E-state index contributed by atoms with van der Waals surface area (Å²) in [7, 11) is 3.37. The zero-order valence-corrected chi connectivity index (χ0v) is 16.5. The number of carbonyl (C=O) groups excluding carboxylic acids is 1. The second kappa shape index (κ2) is 7.43. The molecule has 0 saturated carbocycles. The number of ether oxygens (including phenoxy) is 1. The van der Waals surface area contributed by atoms with E-state index in [1.807, 2.05) is 19.1 Å². The molecule has 2 aliphatic rings. The molecule has 1 aliphatic carbocycles. The van der Waals surface area contributed by atoms with Crippen LogP contribution < -0.4 is 5.73 Å². The molecule has 1 heterocycles. The first-order chi connectivity index (χ1) is 12.8. The van der Waals surface area contributed by atoms with Gasteiger partial charge in [0.25, 0.3) is 0 Å². The van der Waals surface area contributed by atoms with Crippen LogP contribution in [0.1, 0.15) is 44.2 Å². The first kappa shape index (κ1) is 19.0. The number of aliphatic imine (C=N–C) groups is 1. The van der Waals surface area contributed by atoms with Crippen LogP contribution in [-0.2, 0) is 15.1 Å². The molecule has 27 heavy (non-hydrogen) atoms. The van der Waals surface area contributed by atoms with Crippen molar-refractivity contribution in [3.63, 3.8) is 0 Å². The fourth-order valence-corrected chi connectivity index (χ4v) is 3.50. The third-order valence-corrected chi connectivity index (χ3v) is 5.31. The van der Waals surface area contributed by atoms with E-state index < -0.39 is 5.54 Å². The van der Waals surface area contributed by atoms with Crippen molar-refractivity contribution in [2.24, 2.45) is 10.7 Å². The Labute approximate surface area is 160 Å². The number of allylic oxidation sites excluding steroid dienone is 6. The molecule has 142 valence electrons. The summed E-state index contributed by atoms with van der Waals surface area (Å²) in [5.74, 6) is 1.18. The van der Waals surface area contributed by atoms with Gasteiger partial charge in [-0.05, 0) is 37.5 Å². The second-order valence-corrected chi connectivity index (χ2v) is 7.37. The average Bonchev–Trinajstić information content (AvgIpc) is 2.63. The van der Waals surface area contributed by atoms with Gasteiger partial charge < -0.3 is 10.5 Å². The molecule has 0 unspecified atom stereocenters. The summed E-state index contributed by atoms with van der Waals surface area (Å²) < 4.78 is 5.69. The van der Waals surface area contributed by atoms with Gasteiger partial charge in [0.05, 0.1) is 19.1 Å². The Morgan fingerprint density at radius 1 is 1.30 bits per heavy atom. The number of guanidine groups is 1. The highest BCUT2D eigenvalue weighted by Crippen LogP contribution is 2.35. The first-order valence-corrected chi connectivity index (χ1v) is 9.18. The smallest absolute Gasteiger partial charge is 0.231 e. The minimum atomic E-state index is -0.667. The van der Waals surface area contributed by atoms with Gasteiger partial charge in [0.15, 0.2) is 5.96 Å². The van der Waals surface area contributed by atoms with E-state index in [0.717, 1.165) is 35.3 Å². The zero-order chi connectivity index (χ0) is 19.6. The van der Waals surface area contributed by atoms with Gasteiger partial charge >= 0.3 is 0 Å². The molecule has 5 nitrogen and oxygen atoms in total. The Morgan fingerprint density at radius 3 is 2.78 bits per heavy atom. The van der Waals surface area contributed by atoms with Gasteiger partial charge in [0.2, 0.25) is 5.91 Å². The molecule has 1 aromatic rings. The average molecular weight is 365 g/mol. The summed E-state index contributed by atoms with van der Waals surface area (Å²) in [5.41, 5.74) is 9.70. The number of nitrogens with zero attached hydrogens (tertiary/aromatic N) is 2. The predicted octanol–water partition coefficient (Wildman–Crippen LogP) is 3.73. The number of rotatable bonds is 3. The molecule has 0 fully saturated rings. The lowest BCUT2D eigenvalue weighted by Crippen LogP contribution is -2.47. The molecule has 1 aliphatic heterocycles. The monoisotopic (exact) mass is 365 g/mol. The van der Waals surface area contributed by atoms with Gasteiger partial charge in [-0.3, -0.25) is 9.69 Å². The van der Waals surface area contributed by atoms with Crippen molar-refractivity contribution >= 4 is 17.4 Å². The van der Waals surface area contributed by atoms with Crippen molar-refractivity contribution < 1.29 is 9.53 Å². The van der Waals surface area contributed by atoms with Crippen LogP contribution in [0.4, 0.5) is 0 Å². The van der Waals surface area contributed by atoms with Crippen LogP contribution in [0.15, 0.2) is 58.8 Å². The molecule has 1 amide bonds. The van der Waals surface area contributed by atoms with E-state index >= 15 is 0 Å². The molecule has 5 heteroatoms. The number of hydrogen-bond donors (Lipinski definition) is 1. The zero-order valence-electron chi connectivity index (χ0n) is 16.5. The molecule has 0 aromatic heterocycles. The minimum absolute atomic E-state index is 0.0290. The van der Waals surface area contributed by atoms with Gasteiger partial charge in [-0.2, -0.15) is 0 Å². The third kappa shape index (κ3) is 3.82. The third-order valence-electron chi connectivity index (χ3n) is 5.31. The quantitative estimate of drug-likeness (QED) is 0.887. The molecule has 1 aromatic carbocycles. The highest BCUT2D eigenvalue weighted by Gasteiger charge is 2.36. The summed E-state index contributed by atoms with van der Waals surface area (Å²) >= 11 is 0. The van der Waals surface area contributed by atoms with Crippen LogP contribution in [0.25, 0.3) is 5.57 Å². The Balaban J connectivity index is 2.05. The maximum atomic E-state index is 12.3. The van der Waals surface area contributed by atoms with Gasteiger partial charge in [-0.1, -0.05) is 42.0 Å². The Morgan fingerprint density at radius 2 is 2.07 bits per heavy atom. The van der Waals surface area contributed by atoms with Crippen LogP contribution >= 0.6 is 0 Å². The lowest BCUT2D eigenvalue weighted by atomic mass is 9.85. The summed E-state index contributed by atoms with van der Waals surface area (Å²) in [6, 6.07) is 8.15. The Bertz CT molecular complexity index is 879. The highest BCUT2D eigenvalue weighted by atomic mass is 16.5. The van der Waals surface area contributed by atoms with E-state index in [4.69, 9.17) is 10.5 Å². The standard InChI is InChI=1S/C22H27N3O2/c1-15-7-5-10-18(19(27-4)12-11-15)16-8-6-9-17(13-16)22(2)14-20(26)25(3)21(23)24-22/h5-10,13H,11-12,14H2,1-4H3,(H2,23,24)/b10-5-,15-7?,19-18-/t22-/m0/s1. The van der Waals surface area contributed by atoms with Crippen molar-refractivity contribution in [1.82, 2.24) is 4.90 Å². The van der Waals surface area contributed by atoms with Crippen LogP contribution in [0.2, 0.25) is 0 Å². The molecule has 1 atom stereocenters. The van der Waals surface area contributed by atoms with Crippen LogP contribution in [0, 0.1) is 0 Å². The highest BCUT2D eigenvalue weighted by molar-refractivity contribution is 5.98. The van der Waals surface area contributed by atoms with Gasteiger partial charge in [0.1, 0.15) is 5.76 Å². The normalized spacial score (nSPS) is 27.4. The predicted molar refractivity (Wildman–Crippen MR) is 109 cm³/mol. The molecular weight excluding hydrogens is 338 g/mol. The van der Waals surface area contributed by atoms with E-state index in [0.29, 0.717) is 6.42 Å². The van der Waals surface area contributed by atoms with E-state index in [1.54, 1.807) is 14.2 Å². The first-order valence-electron chi connectivity index (χ1n) is 9.18. The largest absolute Gasteiger partial charge is 0.500 e. The van der Waals surface area contributed by atoms with Crippen LogP contribution in [0.5, 0.6) is 0 Å².